The van der Waals surface area contributed by atoms with E-state index in [1.165, 1.54) is 4.57 Å². The van der Waals surface area contributed by atoms with Crippen LogP contribution in [0.1, 0.15) is 6.92 Å². The van der Waals surface area contributed by atoms with Gasteiger partial charge in [-0.25, -0.2) is 0 Å². The lowest BCUT2D eigenvalue weighted by molar-refractivity contribution is -0.133. The zero-order chi connectivity index (χ0) is 27.2. The fraction of sp³-hybridized carbons (Fsp3) is 0.346. The maximum absolute atomic E-state index is 12.9. The van der Waals surface area contributed by atoms with Crippen LogP contribution in [0, 0.1) is 22.7 Å². The van der Waals surface area contributed by atoms with Gasteiger partial charge in [0.15, 0.2) is 5.57 Å². The van der Waals surface area contributed by atoms with E-state index >= 15 is 0 Å². The molecule has 0 spiro atoms. The lowest BCUT2D eigenvalue weighted by Gasteiger charge is -2.32. The minimum absolute atomic E-state index is 0.0988. The van der Waals surface area contributed by atoms with Crippen LogP contribution >= 0.6 is 11.3 Å². The number of piperazine rings is 1. The fourth-order valence-corrected chi connectivity index (χ4v) is 5.36. The van der Waals surface area contributed by atoms with Gasteiger partial charge < -0.3 is 25.0 Å². The summed E-state index contributed by atoms with van der Waals surface area (Å²) in [5.74, 6) is -0.597. The van der Waals surface area contributed by atoms with E-state index in [9.17, 15) is 19.6 Å². The maximum atomic E-state index is 12.9. The highest BCUT2D eigenvalue weighted by Gasteiger charge is 2.19. The molecule has 1 aromatic carbocycles. The second-order valence-electron chi connectivity index (χ2n) is 8.84. The Morgan fingerprint density at radius 2 is 1.92 bits per heavy atom. The second-order valence-corrected chi connectivity index (χ2v) is 9.87. The molecule has 38 heavy (non-hydrogen) atoms. The lowest BCUT2D eigenvalue weighted by atomic mass is 10.2. The molecular formula is C26H28N8O3S. The van der Waals surface area contributed by atoms with Crippen molar-refractivity contribution in [3.63, 3.8) is 0 Å². The predicted octanol–water partition coefficient (Wildman–Crippen LogP) is -0.177. The Bertz CT molecular complexity index is 1630. The first-order chi connectivity index (χ1) is 18.4. The molecule has 2 amide bonds. The maximum Gasteiger partial charge on any atom is 0.270 e. The molecule has 0 bridgehead atoms. The number of fused-ring (bicyclic) bond motifs is 1. The number of nitrogens with one attached hydrogen (secondary N) is 2. The summed E-state index contributed by atoms with van der Waals surface area (Å²) in [6, 6.07) is 11.3. The van der Waals surface area contributed by atoms with Gasteiger partial charge in [0.05, 0.1) is 6.07 Å². The average Bonchev–Trinajstić information content (AvgIpc) is 3.46. The first-order valence-corrected chi connectivity index (χ1v) is 13.0. The molecule has 2 aromatic heterocycles. The number of likely N-dealkylation sites (N-methyl/N-ethyl adjacent to an activating group) is 1. The highest BCUT2D eigenvalue weighted by atomic mass is 32.1. The number of carbonyl (C=O) groups excluding carboxylic acids is 2. The van der Waals surface area contributed by atoms with E-state index in [1.54, 1.807) is 19.2 Å². The molecule has 11 nitrogen and oxygen atoms in total. The number of carbonyl (C=O) groups is 2. The van der Waals surface area contributed by atoms with Crippen LogP contribution in [0.2, 0.25) is 0 Å². The Labute approximate surface area is 223 Å². The normalized spacial score (nSPS) is 15.2. The summed E-state index contributed by atoms with van der Waals surface area (Å²) in [6.07, 6.45) is 3.45. The molecule has 12 heteroatoms. The number of benzene rings is 1. The number of hydrogen-bond donors (Lipinski definition) is 2. The number of hydrogen-bond acceptors (Lipinski definition) is 8. The Kier molecular flexibility index (Phi) is 8.26. The minimum Gasteiger partial charge on any atom is -0.360 e. The standard InChI is InChI=1S/C26H28N8O3S/c1-3-34-25(37)22(38-26(34)20(15-28)24(36)29-8-7-27)16-30-19-4-5-21-18(14-19)6-9-33(21)17-23(35)32-12-10-31(2)11-13-32/h4-6,9,14,16,30H,3,8,10-13,17H2,1-2H3,(H,29,36)/b22-16-,26-20+. The van der Waals surface area contributed by atoms with E-state index in [-0.39, 0.29) is 41.3 Å². The summed E-state index contributed by atoms with van der Waals surface area (Å²) in [7, 11) is 2.06. The van der Waals surface area contributed by atoms with Crippen molar-refractivity contribution in [1.29, 1.82) is 10.5 Å². The van der Waals surface area contributed by atoms with E-state index < -0.39 is 5.91 Å². The summed E-state index contributed by atoms with van der Waals surface area (Å²) in [6.45, 7) is 5.31. The van der Waals surface area contributed by atoms with Crippen molar-refractivity contribution in [2.75, 3.05) is 45.1 Å². The van der Waals surface area contributed by atoms with Crippen LogP contribution in [0.25, 0.3) is 22.7 Å². The molecule has 0 atom stereocenters. The third-order valence-electron chi connectivity index (χ3n) is 6.41. The number of nitriles is 2. The summed E-state index contributed by atoms with van der Waals surface area (Å²) in [5.41, 5.74) is 1.14. The largest absolute Gasteiger partial charge is 0.360 e. The van der Waals surface area contributed by atoms with Crippen molar-refractivity contribution in [2.45, 2.75) is 20.0 Å². The zero-order valence-electron chi connectivity index (χ0n) is 21.2. The number of rotatable bonds is 7. The molecule has 0 unspecified atom stereocenters. The number of anilines is 1. The molecule has 196 valence electrons. The lowest BCUT2D eigenvalue weighted by Crippen LogP contribution is -2.48. The number of aromatic nitrogens is 2. The summed E-state index contributed by atoms with van der Waals surface area (Å²) < 4.78 is 3.87. The predicted molar refractivity (Wildman–Crippen MR) is 145 cm³/mol. The van der Waals surface area contributed by atoms with Gasteiger partial charge in [-0.2, -0.15) is 10.5 Å². The first-order valence-electron chi connectivity index (χ1n) is 12.2. The van der Waals surface area contributed by atoms with Crippen LogP contribution in [0.15, 0.2) is 35.3 Å². The number of nitrogens with zero attached hydrogens (tertiary/aromatic N) is 6. The molecule has 0 saturated carbocycles. The van der Waals surface area contributed by atoms with Crippen LogP contribution < -0.4 is 25.4 Å². The van der Waals surface area contributed by atoms with Gasteiger partial charge in [-0.3, -0.25) is 19.0 Å². The minimum atomic E-state index is -0.696. The van der Waals surface area contributed by atoms with Gasteiger partial charge in [0.2, 0.25) is 5.91 Å². The molecule has 0 aliphatic carbocycles. The number of thiazole rings is 1. The van der Waals surface area contributed by atoms with Crippen molar-refractivity contribution in [2.24, 2.45) is 0 Å². The van der Waals surface area contributed by atoms with E-state index in [1.807, 2.05) is 46.0 Å². The van der Waals surface area contributed by atoms with Crippen LogP contribution in [-0.4, -0.2) is 70.5 Å². The molecule has 1 aliphatic rings. The smallest absolute Gasteiger partial charge is 0.270 e. The summed E-state index contributed by atoms with van der Waals surface area (Å²) >= 11 is 1.03. The third kappa shape index (κ3) is 5.62. The van der Waals surface area contributed by atoms with Crippen LogP contribution in [0.3, 0.4) is 0 Å². The SMILES string of the molecule is CCn1c(=O)/c(=C/Nc2ccc3c(ccn3CC(=O)N3CCN(C)CC3)c2)s/c1=C(\C#N)C(=O)NCC#N. The molecular weight excluding hydrogens is 504 g/mol. The Hall–Kier alpha value is -4.39. The molecule has 3 aromatic rings. The van der Waals surface area contributed by atoms with Crippen molar-refractivity contribution in [1.82, 2.24) is 24.3 Å². The second kappa shape index (κ2) is 11.8. The molecule has 0 radical (unpaired) electrons. The summed E-state index contributed by atoms with van der Waals surface area (Å²) in [5, 5.41) is 24.6. The van der Waals surface area contributed by atoms with Crippen molar-refractivity contribution in [3.8, 4) is 12.1 Å². The van der Waals surface area contributed by atoms with E-state index in [0.717, 1.165) is 54.1 Å². The van der Waals surface area contributed by atoms with Gasteiger partial charge in [0.25, 0.3) is 11.5 Å². The molecule has 1 fully saturated rings. The zero-order valence-corrected chi connectivity index (χ0v) is 22.0. The molecule has 4 rings (SSSR count). The van der Waals surface area contributed by atoms with Crippen LogP contribution in [0.5, 0.6) is 0 Å². The van der Waals surface area contributed by atoms with E-state index in [0.29, 0.717) is 4.53 Å². The van der Waals surface area contributed by atoms with Gasteiger partial charge >= 0.3 is 0 Å². The van der Waals surface area contributed by atoms with Gasteiger partial charge in [-0.1, -0.05) is 0 Å². The molecule has 3 heterocycles. The monoisotopic (exact) mass is 532 g/mol. The van der Waals surface area contributed by atoms with E-state index in [2.05, 4.69) is 22.6 Å². The quantitative estimate of drug-likeness (QED) is 0.403. The third-order valence-corrected chi connectivity index (χ3v) is 7.54. The first kappa shape index (κ1) is 26.7. The topological polar surface area (TPSA) is 139 Å². The van der Waals surface area contributed by atoms with Gasteiger partial charge in [0.1, 0.15) is 28.4 Å². The van der Waals surface area contributed by atoms with Gasteiger partial charge in [-0.15, -0.1) is 11.3 Å². The van der Waals surface area contributed by atoms with Crippen LogP contribution in [0.4, 0.5) is 5.69 Å². The Morgan fingerprint density at radius 1 is 1.16 bits per heavy atom. The molecule has 1 aliphatic heterocycles. The van der Waals surface area contributed by atoms with Crippen molar-refractivity contribution in [3.05, 3.63) is 50.0 Å². The molecule has 2 N–H and O–H groups in total. The highest BCUT2D eigenvalue weighted by molar-refractivity contribution is 7.07. The van der Waals surface area contributed by atoms with Crippen LogP contribution in [-0.2, 0) is 22.7 Å². The average molecular weight is 533 g/mol. The van der Waals surface area contributed by atoms with Gasteiger partial charge in [0, 0.05) is 61.7 Å². The Balaban J connectivity index is 1.56. The summed E-state index contributed by atoms with van der Waals surface area (Å²) in [4.78, 5) is 42.1. The molecule has 1 saturated heterocycles. The van der Waals surface area contributed by atoms with E-state index in [4.69, 9.17) is 5.26 Å². The fourth-order valence-electron chi connectivity index (χ4n) is 4.27. The van der Waals surface area contributed by atoms with Crippen molar-refractivity contribution >= 4 is 51.5 Å². The van der Waals surface area contributed by atoms with Crippen molar-refractivity contribution < 1.29 is 9.59 Å². The number of amides is 2. The van der Waals surface area contributed by atoms with Gasteiger partial charge in [-0.05, 0) is 38.2 Å². The highest BCUT2D eigenvalue weighted by Crippen LogP contribution is 2.21. The Morgan fingerprint density at radius 3 is 2.61 bits per heavy atom.